The van der Waals surface area contributed by atoms with Gasteiger partial charge in [-0.1, -0.05) is 48.5 Å². The van der Waals surface area contributed by atoms with E-state index < -0.39 is 5.91 Å². The van der Waals surface area contributed by atoms with Crippen LogP contribution in [0.3, 0.4) is 0 Å². The van der Waals surface area contributed by atoms with E-state index in [1.807, 2.05) is 49.4 Å². The SMILES string of the molecule is Cc1cccc(NC(=O)/C(C#N)=C/c2ccccc2OCC(=O)Nc2ccccc2)c1. The molecule has 3 aromatic rings. The van der Waals surface area contributed by atoms with Gasteiger partial charge in [0, 0.05) is 16.9 Å². The number of ether oxygens (including phenoxy) is 1. The van der Waals surface area contributed by atoms with Crippen molar-refractivity contribution in [3.05, 3.63) is 95.6 Å². The first-order chi connectivity index (χ1) is 15.0. The Bertz CT molecular complexity index is 1150. The second kappa shape index (κ2) is 10.4. The summed E-state index contributed by atoms with van der Waals surface area (Å²) < 4.78 is 5.63. The largest absolute Gasteiger partial charge is 0.483 e. The highest BCUT2D eigenvalue weighted by Crippen LogP contribution is 2.22. The lowest BCUT2D eigenvalue weighted by molar-refractivity contribution is -0.118. The zero-order chi connectivity index (χ0) is 22.1. The molecule has 0 saturated carbocycles. The number of carbonyl (C=O) groups excluding carboxylic acids is 2. The number of carbonyl (C=O) groups is 2. The molecule has 3 aromatic carbocycles. The summed E-state index contributed by atoms with van der Waals surface area (Å²) in [5, 5.41) is 14.9. The summed E-state index contributed by atoms with van der Waals surface area (Å²) in [5.41, 5.74) is 2.71. The molecule has 0 unspecified atom stereocenters. The van der Waals surface area contributed by atoms with E-state index in [-0.39, 0.29) is 18.1 Å². The Morgan fingerprint density at radius 1 is 0.935 bits per heavy atom. The summed E-state index contributed by atoms with van der Waals surface area (Å²) in [6.07, 6.45) is 1.44. The molecule has 0 aliphatic rings. The Hall–Kier alpha value is -4.37. The third-order valence-corrected chi connectivity index (χ3v) is 4.28. The number of amides is 2. The first-order valence-corrected chi connectivity index (χ1v) is 9.61. The lowest BCUT2D eigenvalue weighted by Gasteiger charge is -2.10. The number of benzene rings is 3. The van der Waals surface area contributed by atoms with Gasteiger partial charge in [-0.3, -0.25) is 9.59 Å². The first-order valence-electron chi connectivity index (χ1n) is 9.61. The minimum atomic E-state index is -0.523. The van der Waals surface area contributed by atoms with Crippen LogP contribution in [0.5, 0.6) is 5.75 Å². The van der Waals surface area contributed by atoms with Crippen LogP contribution in [0.2, 0.25) is 0 Å². The molecule has 0 aliphatic heterocycles. The van der Waals surface area contributed by atoms with Crippen LogP contribution < -0.4 is 15.4 Å². The van der Waals surface area contributed by atoms with Crippen LogP contribution >= 0.6 is 0 Å². The molecule has 0 atom stereocenters. The summed E-state index contributed by atoms with van der Waals surface area (Å²) in [6.45, 7) is 1.70. The van der Waals surface area contributed by atoms with Gasteiger partial charge >= 0.3 is 0 Å². The molecule has 31 heavy (non-hydrogen) atoms. The minimum Gasteiger partial charge on any atom is -0.483 e. The smallest absolute Gasteiger partial charge is 0.266 e. The molecule has 0 saturated heterocycles. The Morgan fingerprint density at radius 2 is 1.65 bits per heavy atom. The van der Waals surface area contributed by atoms with Gasteiger partial charge in [-0.15, -0.1) is 0 Å². The average molecular weight is 411 g/mol. The van der Waals surface area contributed by atoms with Gasteiger partial charge in [0.2, 0.25) is 0 Å². The van der Waals surface area contributed by atoms with E-state index in [0.29, 0.717) is 22.7 Å². The van der Waals surface area contributed by atoms with Crippen LogP contribution in [0.25, 0.3) is 6.08 Å². The minimum absolute atomic E-state index is 0.0775. The molecule has 2 amide bonds. The molecule has 0 bridgehead atoms. The molecule has 0 spiro atoms. The number of anilines is 2. The lowest BCUT2D eigenvalue weighted by Crippen LogP contribution is -2.20. The third kappa shape index (κ3) is 6.31. The van der Waals surface area contributed by atoms with Gasteiger partial charge < -0.3 is 15.4 Å². The number of aryl methyl sites for hydroxylation is 1. The molecular formula is C25H21N3O3. The number of hydrogen-bond donors (Lipinski definition) is 2. The van der Waals surface area contributed by atoms with E-state index >= 15 is 0 Å². The van der Waals surface area contributed by atoms with Crippen molar-refractivity contribution in [1.82, 2.24) is 0 Å². The second-order valence-electron chi connectivity index (χ2n) is 6.73. The standard InChI is InChI=1S/C25H21N3O3/c1-18-8-7-12-22(14-18)28-25(30)20(16-26)15-19-9-5-6-13-23(19)31-17-24(29)27-21-10-3-2-4-11-21/h2-15H,17H2,1H3,(H,27,29)(H,28,30)/b20-15+. The van der Waals surface area contributed by atoms with Crippen molar-refractivity contribution in [2.45, 2.75) is 6.92 Å². The van der Waals surface area contributed by atoms with E-state index in [9.17, 15) is 14.9 Å². The normalized spacial score (nSPS) is 10.6. The highest BCUT2D eigenvalue weighted by atomic mass is 16.5. The molecular weight excluding hydrogens is 390 g/mol. The quantitative estimate of drug-likeness (QED) is 0.440. The number of rotatable bonds is 7. The fourth-order valence-electron chi connectivity index (χ4n) is 2.82. The third-order valence-electron chi connectivity index (χ3n) is 4.28. The monoisotopic (exact) mass is 411 g/mol. The van der Waals surface area contributed by atoms with Crippen LogP contribution in [0.1, 0.15) is 11.1 Å². The molecule has 0 aromatic heterocycles. The summed E-state index contributed by atoms with van der Waals surface area (Å²) in [4.78, 5) is 24.7. The summed E-state index contributed by atoms with van der Waals surface area (Å²) in [5.74, 6) is -0.450. The topological polar surface area (TPSA) is 91.2 Å². The van der Waals surface area contributed by atoms with Gasteiger partial charge in [0.05, 0.1) is 0 Å². The first kappa shape index (κ1) is 21.3. The van der Waals surface area contributed by atoms with Crippen molar-refractivity contribution in [1.29, 1.82) is 5.26 Å². The number of nitrogens with one attached hydrogen (secondary N) is 2. The summed E-state index contributed by atoms with van der Waals surface area (Å²) >= 11 is 0. The highest BCUT2D eigenvalue weighted by Gasteiger charge is 2.12. The summed E-state index contributed by atoms with van der Waals surface area (Å²) in [6, 6.07) is 25.2. The maximum atomic E-state index is 12.5. The van der Waals surface area contributed by atoms with Crippen LogP contribution in [-0.2, 0) is 9.59 Å². The van der Waals surface area contributed by atoms with Gasteiger partial charge in [-0.05, 0) is 48.9 Å². The van der Waals surface area contributed by atoms with Gasteiger partial charge in [0.1, 0.15) is 17.4 Å². The van der Waals surface area contributed by atoms with E-state index in [0.717, 1.165) is 5.56 Å². The number of nitrogens with zero attached hydrogens (tertiary/aromatic N) is 1. The Labute approximate surface area is 180 Å². The van der Waals surface area contributed by atoms with Crippen molar-refractivity contribution in [3.8, 4) is 11.8 Å². The maximum absolute atomic E-state index is 12.5. The van der Waals surface area contributed by atoms with E-state index in [1.165, 1.54) is 6.08 Å². The molecule has 6 heteroatoms. The Kier molecular flexibility index (Phi) is 7.17. The van der Waals surface area contributed by atoms with Gasteiger partial charge in [0.15, 0.2) is 6.61 Å². The van der Waals surface area contributed by atoms with E-state index in [4.69, 9.17) is 4.74 Å². The number of para-hydroxylation sites is 2. The van der Waals surface area contributed by atoms with Crippen molar-refractivity contribution in [2.75, 3.05) is 17.2 Å². The van der Waals surface area contributed by atoms with Crippen LogP contribution in [-0.4, -0.2) is 18.4 Å². The highest BCUT2D eigenvalue weighted by molar-refractivity contribution is 6.09. The van der Waals surface area contributed by atoms with Crippen molar-refractivity contribution < 1.29 is 14.3 Å². The Morgan fingerprint density at radius 3 is 2.39 bits per heavy atom. The van der Waals surface area contributed by atoms with Gasteiger partial charge in [-0.2, -0.15) is 5.26 Å². The van der Waals surface area contributed by atoms with Gasteiger partial charge in [0.25, 0.3) is 11.8 Å². The molecule has 0 heterocycles. The van der Waals surface area contributed by atoms with Crippen LogP contribution in [0.15, 0.2) is 84.4 Å². The fraction of sp³-hybridized carbons (Fsp3) is 0.0800. The Balaban J connectivity index is 1.70. The molecule has 6 nitrogen and oxygen atoms in total. The lowest BCUT2D eigenvalue weighted by atomic mass is 10.1. The van der Waals surface area contributed by atoms with Crippen molar-refractivity contribution in [3.63, 3.8) is 0 Å². The van der Waals surface area contributed by atoms with Gasteiger partial charge in [-0.25, -0.2) is 0 Å². The molecule has 0 aliphatic carbocycles. The number of nitriles is 1. The molecule has 3 rings (SSSR count). The van der Waals surface area contributed by atoms with E-state index in [1.54, 1.807) is 42.5 Å². The predicted octanol–water partition coefficient (Wildman–Crippen LogP) is 4.56. The predicted molar refractivity (Wildman–Crippen MR) is 120 cm³/mol. The molecule has 2 N–H and O–H groups in total. The van der Waals surface area contributed by atoms with Crippen molar-refractivity contribution in [2.24, 2.45) is 0 Å². The summed E-state index contributed by atoms with van der Waals surface area (Å²) in [7, 11) is 0. The zero-order valence-electron chi connectivity index (χ0n) is 17.0. The average Bonchev–Trinajstić information content (AvgIpc) is 2.77. The fourth-order valence-corrected chi connectivity index (χ4v) is 2.82. The molecule has 154 valence electrons. The van der Waals surface area contributed by atoms with Crippen molar-refractivity contribution >= 4 is 29.3 Å². The molecule has 0 radical (unpaired) electrons. The maximum Gasteiger partial charge on any atom is 0.266 e. The van der Waals surface area contributed by atoms with Crippen LogP contribution in [0.4, 0.5) is 11.4 Å². The number of hydrogen-bond acceptors (Lipinski definition) is 4. The molecule has 0 fully saturated rings. The van der Waals surface area contributed by atoms with Crippen LogP contribution in [0, 0.1) is 18.3 Å². The zero-order valence-corrected chi connectivity index (χ0v) is 17.0. The second-order valence-corrected chi connectivity index (χ2v) is 6.73. The van der Waals surface area contributed by atoms with E-state index in [2.05, 4.69) is 10.6 Å².